The van der Waals surface area contributed by atoms with E-state index >= 15 is 0 Å². The molecule has 3 aromatic heterocycles. The number of aromatic nitrogens is 5. The summed E-state index contributed by atoms with van der Waals surface area (Å²) in [6.45, 7) is 0. The van der Waals surface area contributed by atoms with Gasteiger partial charge in [0.05, 0.1) is 35.3 Å². The molecule has 0 saturated heterocycles. The van der Waals surface area contributed by atoms with Gasteiger partial charge in [0.15, 0.2) is 5.65 Å². The van der Waals surface area contributed by atoms with Crippen molar-refractivity contribution in [2.24, 2.45) is 0 Å². The normalized spacial score (nSPS) is 11.2. The highest BCUT2D eigenvalue weighted by Crippen LogP contribution is 2.28. The number of fused-ring (bicyclic) bond motifs is 3. The molecule has 6 rings (SSSR count). The van der Waals surface area contributed by atoms with Crippen LogP contribution in [0.5, 0.6) is 5.75 Å². The Morgan fingerprint density at radius 3 is 2.62 bits per heavy atom. The first kappa shape index (κ1) is 22.4. The van der Waals surface area contributed by atoms with E-state index in [2.05, 4.69) is 25.5 Å². The fourth-order valence-corrected chi connectivity index (χ4v) is 4.22. The molecule has 3 aromatic carbocycles. The molecule has 37 heavy (non-hydrogen) atoms. The number of ether oxygens (including phenoxy) is 1. The monoisotopic (exact) mass is 496 g/mol. The number of pyridine rings is 1. The number of benzene rings is 3. The van der Waals surface area contributed by atoms with Crippen LogP contribution in [0.4, 0.5) is 20.4 Å². The van der Waals surface area contributed by atoms with Gasteiger partial charge in [0, 0.05) is 17.4 Å². The number of halogens is 2. The van der Waals surface area contributed by atoms with Gasteiger partial charge < -0.3 is 10.1 Å². The van der Waals surface area contributed by atoms with Crippen LogP contribution in [0, 0.1) is 11.6 Å². The Labute approximate surface area is 208 Å². The molecule has 6 aromatic rings. The first-order valence-electron chi connectivity index (χ1n) is 11.2. The SMILES string of the molecule is COc1ccc(Nc2ncc3c4[nH]ncc4c(=O)n(-c4cccc(-c5cc(F)ccc5F)c4)c3n2)cc1. The Kier molecular flexibility index (Phi) is 5.33. The fourth-order valence-electron chi connectivity index (χ4n) is 4.22. The summed E-state index contributed by atoms with van der Waals surface area (Å²) in [5, 5.41) is 10.9. The van der Waals surface area contributed by atoms with Crippen LogP contribution in [0.3, 0.4) is 0 Å². The van der Waals surface area contributed by atoms with Gasteiger partial charge in [-0.1, -0.05) is 12.1 Å². The van der Waals surface area contributed by atoms with Crippen molar-refractivity contribution < 1.29 is 13.5 Å². The zero-order valence-electron chi connectivity index (χ0n) is 19.4. The Bertz CT molecular complexity index is 1850. The quantitative estimate of drug-likeness (QED) is 0.334. The molecule has 10 heteroatoms. The lowest BCUT2D eigenvalue weighted by Crippen LogP contribution is -2.20. The third kappa shape index (κ3) is 3.94. The molecule has 0 spiro atoms. The van der Waals surface area contributed by atoms with E-state index in [-0.39, 0.29) is 17.1 Å². The van der Waals surface area contributed by atoms with E-state index in [1.807, 2.05) is 12.1 Å². The van der Waals surface area contributed by atoms with Crippen molar-refractivity contribution in [2.45, 2.75) is 0 Å². The fraction of sp³-hybridized carbons (Fsp3) is 0.0370. The van der Waals surface area contributed by atoms with E-state index in [1.165, 1.54) is 10.8 Å². The third-order valence-electron chi connectivity index (χ3n) is 6.01. The van der Waals surface area contributed by atoms with Crippen LogP contribution < -0.4 is 15.6 Å². The molecule has 0 aliphatic heterocycles. The Morgan fingerprint density at radius 2 is 1.81 bits per heavy atom. The first-order chi connectivity index (χ1) is 18.0. The lowest BCUT2D eigenvalue weighted by molar-refractivity contribution is 0.415. The number of H-pyrrole nitrogens is 1. The molecule has 0 fully saturated rings. The first-order valence-corrected chi connectivity index (χ1v) is 11.2. The van der Waals surface area contributed by atoms with Gasteiger partial charge in [-0.15, -0.1) is 0 Å². The summed E-state index contributed by atoms with van der Waals surface area (Å²) in [6, 6.07) is 17.1. The molecular formula is C27H18F2N6O2. The Morgan fingerprint density at radius 1 is 0.973 bits per heavy atom. The summed E-state index contributed by atoms with van der Waals surface area (Å²) in [5.74, 6) is -0.173. The van der Waals surface area contributed by atoms with Crippen molar-refractivity contribution >= 4 is 33.6 Å². The lowest BCUT2D eigenvalue weighted by atomic mass is 10.0. The van der Waals surface area contributed by atoms with Gasteiger partial charge in [0.25, 0.3) is 5.56 Å². The number of rotatable bonds is 5. The van der Waals surface area contributed by atoms with Gasteiger partial charge in [-0.2, -0.15) is 10.1 Å². The summed E-state index contributed by atoms with van der Waals surface area (Å²) in [7, 11) is 1.59. The van der Waals surface area contributed by atoms with Crippen molar-refractivity contribution in [1.82, 2.24) is 24.7 Å². The predicted octanol–water partition coefficient (Wildman–Crippen LogP) is 5.35. The minimum absolute atomic E-state index is 0.0834. The maximum atomic E-state index is 14.5. The van der Waals surface area contributed by atoms with E-state index in [0.29, 0.717) is 38.9 Å². The molecule has 0 aliphatic rings. The maximum absolute atomic E-state index is 14.5. The molecule has 0 atom stereocenters. The van der Waals surface area contributed by atoms with Crippen LogP contribution in [0.15, 0.2) is 83.9 Å². The molecule has 0 unspecified atom stereocenters. The summed E-state index contributed by atoms with van der Waals surface area (Å²) in [6.07, 6.45) is 3.04. The van der Waals surface area contributed by atoms with E-state index < -0.39 is 11.6 Å². The molecule has 8 nitrogen and oxygen atoms in total. The van der Waals surface area contributed by atoms with E-state index in [0.717, 1.165) is 23.9 Å². The zero-order valence-corrected chi connectivity index (χ0v) is 19.4. The largest absolute Gasteiger partial charge is 0.497 e. The van der Waals surface area contributed by atoms with E-state index in [4.69, 9.17) is 4.74 Å². The van der Waals surface area contributed by atoms with Crippen LogP contribution >= 0.6 is 0 Å². The molecule has 2 N–H and O–H groups in total. The van der Waals surface area contributed by atoms with Crippen LogP contribution in [0.2, 0.25) is 0 Å². The predicted molar refractivity (Wildman–Crippen MR) is 136 cm³/mol. The summed E-state index contributed by atoms with van der Waals surface area (Å²) in [4.78, 5) is 22.6. The number of hydrogen-bond acceptors (Lipinski definition) is 6. The topological polar surface area (TPSA) is 97.7 Å². The van der Waals surface area contributed by atoms with Crippen molar-refractivity contribution in [2.75, 3.05) is 12.4 Å². The second-order valence-electron chi connectivity index (χ2n) is 8.26. The number of aromatic amines is 1. The zero-order chi connectivity index (χ0) is 25.5. The molecule has 0 amide bonds. The number of hydrogen-bond donors (Lipinski definition) is 2. The van der Waals surface area contributed by atoms with Crippen molar-refractivity contribution in [1.29, 1.82) is 0 Å². The molecule has 0 aliphatic carbocycles. The van der Waals surface area contributed by atoms with Gasteiger partial charge in [-0.25, -0.2) is 13.8 Å². The molecule has 0 saturated carbocycles. The second-order valence-corrected chi connectivity index (χ2v) is 8.26. The van der Waals surface area contributed by atoms with Crippen LogP contribution in [0.1, 0.15) is 0 Å². The van der Waals surface area contributed by atoms with Crippen LogP contribution in [-0.4, -0.2) is 31.8 Å². The number of anilines is 2. The highest BCUT2D eigenvalue weighted by Gasteiger charge is 2.17. The average Bonchev–Trinajstić information content (AvgIpc) is 3.41. The molecular weight excluding hydrogens is 478 g/mol. The third-order valence-corrected chi connectivity index (χ3v) is 6.01. The van der Waals surface area contributed by atoms with Gasteiger partial charge in [0.2, 0.25) is 5.95 Å². The number of nitrogens with zero attached hydrogens (tertiary/aromatic N) is 4. The smallest absolute Gasteiger partial charge is 0.267 e. The van der Waals surface area contributed by atoms with Gasteiger partial charge >= 0.3 is 0 Å². The van der Waals surface area contributed by atoms with Crippen LogP contribution in [0.25, 0.3) is 38.8 Å². The molecule has 0 radical (unpaired) electrons. The Hall–Kier alpha value is -5.12. The van der Waals surface area contributed by atoms with Gasteiger partial charge in [0.1, 0.15) is 17.4 Å². The van der Waals surface area contributed by atoms with Crippen molar-refractivity contribution in [3.8, 4) is 22.6 Å². The van der Waals surface area contributed by atoms with Crippen molar-refractivity contribution in [3.63, 3.8) is 0 Å². The average molecular weight is 496 g/mol. The summed E-state index contributed by atoms with van der Waals surface area (Å²) < 4.78 is 35.0. The van der Waals surface area contributed by atoms with Gasteiger partial charge in [-0.3, -0.25) is 14.5 Å². The van der Waals surface area contributed by atoms with E-state index in [1.54, 1.807) is 49.7 Å². The number of nitrogens with one attached hydrogen (secondary N) is 2. The highest BCUT2D eigenvalue weighted by atomic mass is 19.1. The minimum Gasteiger partial charge on any atom is -0.497 e. The standard InChI is InChI=1S/C27H18F2N6O2/c1-37-19-8-6-17(7-9-19)32-27-30-13-21-24-22(14-31-34-24)26(36)35(25(21)33-27)18-4-2-3-15(11-18)20-12-16(28)5-10-23(20)29/h2-14H,1H3,(H,31,34)(H,30,32,33). The van der Waals surface area contributed by atoms with E-state index in [9.17, 15) is 13.6 Å². The van der Waals surface area contributed by atoms with Crippen LogP contribution in [-0.2, 0) is 0 Å². The summed E-state index contributed by atoms with van der Waals surface area (Å²) in [5.41, 5.74) is 2.08. The number of methoxy groups -OCH3 is 1. The molecule has 3 heterocycles. The lowest BCUT2D eigenvalue weighted by Gasteiger charge is -2.13. The maximum Gasteiger partial charge on any atom is 0.267 e. The summed E-state index contributed by atoms with van der Waals surface area (Å²) >= 11 is 0. The Balaban J connectivity index is 1.54. The second kappa shape index (κ2) is 8.83. The molecule has 182 valence electrons. The minimum atomic E-state index is -0.575. The highest BCUT2D eigenvalue weighted by molar-refractivity contribution is 6.02. The van der Waals surface area contributed by atoms with Gasteiger partial charge in [-0.05, 0) is 60.2 Å². The molecule has 0 bridgehead atoms. The van der Waals surface area contributed by atoms with Crippen molar-refractivity contribution in [3.05, 3.63) is 101 Å².